The van der Waals surface area contributed by atoms with Crippen molar-refractivity contribution in [1.82, 2.24) is 10.2 Å². The van der Waals surface area contributed by atoms with Crippen LogP contribution in [-0.4, -0.2) is 17.3 Å². The maximum atomic E-state index is 6.08. The van der Waals surface area contributed by atoms with E-state index in [0.717, 1.165) is 0 Å². The SMILES string of the molecule is COc1ccc(Cl)c(-c2cc(Cl)c(Cl)nn2)c1. The highest BCUT2D eigenvalue weighted by Gasteiger charge is 2.10. The molecule has 0 saturated heterocycles. The Balaban J connectivity index is 2.55. The molecule has 1 aromatic heterocycles. The van der Waals surface area contributed by atoms with Gasteiger partial charge in [0.25, 0.3) is 0 Å². The highest BCUT2D eigenvalue weighted by atomic mass is 35.5. The minimum Gasteiger partial charge on any atom is -0.497 e. The second-order valence-electron chi connectivity index (χ2n) is 3.21. The molecule has 1 aromatic carbocycles. The molecule has 0 radical (unpaired) electrons. The first-order chi connectivity index (χ1) is 8.11. The third-order valence-electron chi connectivity index (χ3n) is 2.16. The molecular formula is C11H7Cl3N2O. The van der Waals surface area contributed by atoms with Crippen molar-refractivity contribution in [2.75, 3.05) is 7.11 Å². The Bertz CT molecular complexity index is 560. The lowest BCUT2D eigenvalue weighted by Gasteiger charge is -2.06. The molecular weight excluding hydrogens is 282 g/mol. The summed E-state index contributed by atoms with van der Waals surface area (Å²) in [5.74, 6) is 0.678. The quantitative estimate of drug-likeness (QED) is 0.834. The molecule has 0 N–H and O–H groups in total. The van der Waals surface area contributed by atoms with Crippen LogP contribution < -0.4 is 4.74 Å². The van der Waals surface area contributed by atoms with Gasteiger partial charge in [0.1, 0.15) is 5.75 Å². The van der Waals surface area contributed by atoms with E-state index in [-0.39, 0.29) is 5.15 Å². The molecule has 0 aliphatic carbocycles. The molecule has 0 bridgehead atoms. The fourth-order valence-electron chi connectivity index (χ4n) is 1.31. The van der Waals surface area contributed by atoms with Gasteiger partial charge in [-0.2, -0.15) is 0 Å². The Kier molecular flexibility index (Phi) is 3.72. The predicted molar refractivity (Wildman–Crippen MR) is 69.1 cm³/mol. The van der Waals surface area contributed by atoms with Crippen molar-refractivity contribution in [3.05, 3.63) is 39.5 Å². The van der Waals surface area contributed by atoms with Crippen LogP contribution >= 0.6 is 34.8 Å². The van der Waals surface area contributed by atoms with Gasteiger partial charge >= 0.3 is 0 Å². The molecule has 0 aliphatic heterocycles. The summed E-state index contributed by atoms with van der Waals surface area (Å²) in [6.07, 6.45) is 0. The summed E-state index contributed by atoms with van der Waals surface area (Å²) in [6.45, 7) is 0. The van der Waals surface area contributed by atoms with E-state index in [2.05, 4.69) is 10.2 Å². The maximum Gasteiger partial charge on any atom is 0.170 e. The zero-order chi connectivity index (χ0) is 12.4. The molecule has 0 spiro atoms. The smallest absolute Gasteiger partial charge is 0.170 e. The Labute approximate surface area is 113 Å². The van der Waals surface area contributed by atoms with Crippen molar-refractivity contribution >= 4 is 34.8 Å². The second-order valence-corrected chi connectivity index (χ2v) is 4.39. The Morgan fingerprint density at radius 1 is 1.00 bits per heavy atom. The van der Waals surface area contributed by atoms with Crippen LogP contribution in [0.5, 0.6) is 5.75 Å². The van der Waals surface area contributed by atoms with E-state index in [9.17, 15) is 0 Å². The lowest BCUT2D eigenvalue weighted by molar-refractivity contribution is 0.415. The van der Waals surface area contributed by atoms with Crippen LogP contribution in [0, 0.1) is 0 Å². The Morgan fingerprint density at radius 2 is 1.76 bits per heavy atom. The van der Waals surface area contributed by atoms with E-state index >= 15 is 0 Å². The predicted octanol–water partition coefficient (Wildman–Crippen LogP) is 4.11. The standard InChI is InChI=1S/C11H7Cl3N2O/c1-17-6-2-3-8(12)7(4-6)10-5-9(13)11(14)16-15-10/h2-5H,1H3. The average molecular weight is 290 g/mol. The minimum absolute atomic E-state index is 0.162. The zero-order valence-corrected chi connectivity index (χ0v) is 11.0. The van der Waals surface area contributed by atoms with Gasteiger partial charge in [0, 0.05) is 5.56 Å². The minimum atomic E-state index is 0.162. The third kappa shape index (κ3) is 2.63. The first-order valence-electron chi connectivity index (χ1n) is 4.64. The van der Waals surface area contributed by atoms with E-state index in [4.69, 9.17) is 39.5 Å². The van der Waals surface area contributed by atoms with Crippen molar-refractivity contribution in [1.29, 1.82) is 0 Å². The van der Waals surface area contributed by atoms with Gasteiger partial charge in [0.15, 0.2) is 5.15 Å². The van der Waals surface area contributed by atoms with Crippen molar-refractivity contribution in [3.63, 3.8) is 0 Å². The molecule has 0 aliphatic rings. The largest absolute Gasteiger partial charge is 0.497 e. The molecule has 0 unspecified atom stereocenters. The summed E-state index contributed by atoms with van der Waals surface area (Å²) in [5, 5.41) is 8.71. The normalized spacial score (nSPS) is 10.4. The van der Waals surface area contributed by atoms with Crippen LogP contribution in [0.4, 0.5) is 0 Å². The molecule has 0 saturated carbocycles. The molecule has 17 heavy (non-hydrogen) atoms. The number of benzene rings is 1. The molecule has 0 fully saturated rings. The molecule has 0 atom stereocenters. The molecule has 0 amide bonds. The zero-order valence-electron chi connectivity index (χ0n) is 8.75. The summed E-state index contributed by atoms with van der Waals surface area (Å²) < 4.78 is 5.12. The number of methoxy groups -OCH3 is 1. The summed E-state index contributed by atoms with van der Waals surface area (Å²) >= 11 is 17.7. The summed E-state index contributed by atoms with van der Waals surface area (Å²) in [7, 11) is 1.58. The van der Waals surface area contributed by atoms with Crippen LogP contribution in [0.2, 0.25) is 15.2 Å². The Morgan fingerprint density at radius 3 is 2.41 bits per heavy atom. The van der Waals surface area contributed by atoms with E-state index < -0.39 is 0 Å². The lowest BCUT2D eigenvalue weighted by atomic mass is 10.1. The second kappa shape index (κ2) is 5.08. The van der Waals surface area contributed by atoms with Crippen LogP contribution in [0.15, 0.2) is 24.3 Å². The van der Waals surface area contributed by atoms with E-state index in [1.807, 2.05) is 0 Å². The Hall–Kier alpha value is -1.03. The number of halogens is 3. The van der Waals surface area contributed by atoms with Gasteiger partial charge in [-0.1, -0.05) is 34.8 Å². The number of aromatic nitrogens is 2. The van der Waals surface area contributed by atoms with E-state index in [0.29, 0.717) is 27.1 Å². The first kappa shape index (κ1) is 12.4. The van der Waals surface area contributed by atoms with Gasteiger partial charge in [0.05, 0.1) is 22.8 Å². The van der Waals surface area contributed by atoms with Crippen molar-refractivity contribution in [2.45, 2.75) is 0 Å². The monoisotopic (exact) mass is 288 g/mol. The molecule has 88 valence electrons. The molecule has 1 heterocycles. The number of nitrogens with zero attached hydrogens (tertiary/aromatic N) is 2. The molecule has 3 nitrogen and oxygen atoms in total. The van der Waals surface area contributed by atoms with E-state index in [1.165, 1.54) is 0 Å². The number of ether oxygens (including phenoxy) is 1. The molecule has 6 heteroatoms. The van der Waals surface area contributed by atoms with Gasteiger partial charge < -0.3 is 4.74 Å². The van der Waals surface area contributed by atoms with Gasteiger partial charge in [-0.25, -0.2) is 0 Å². The topological polar surface area (TPSA) is 35.0 Å². The van der Waals surface area contributed by atoms with Gasteiger partial charge in [0.2, 0.25) is 0 Å². The summed E-state index contributed by atoms with van der Waals surface area (Å²) in [5.41, 5.74) is 1.24. The fourth-order valence-corrected chi connectivity index (χ4v) is 1.76. The third-order valence-corrected chi connectivity index (χ3v) is 3.15. The fraction of sp³-hybridized carbons (Fsp3) is 0.0909. The van der Waals surface area contributed by atoms with Crippen LogP contribution in [0.25, 0.3) is 11.3 Å². The highest BCUT2D eigenvalue weighted by molar-refractivity contribution is 6.41. The first-order valence-corrected chi connectivity index (χ1v) is 5.78. The number of rotatable bonds is 2. The molecule has 2 aromatic rings. The molecule has 2 rings (SSSR count). The maximum absolute atomic E-state index is 6.08. The van der Waals surface area contributed by atoms with Gasteiger partial charge in [-0.05, 0) is 24.3 Å². The summed E-state index contributed by atoms with van der Waals surface area (Å²) in [4.78, 5) is 0. The van der Waals surface area contributed by atoms with Crippen LogP contribution in [0.1, 0.15) is 0 Å². The van der Waals surface area contributed by atoms with Gasteiger partial charge in [-0.15, -0.1) is 10.2 Å². The van der Waals surface area contributed by atoms with Crippen LogP contribution in [-0.2, 0) is 0 Å². The van der Waals surface area contributed by atoms with Crippen molar-refractivity contribution < 1.29 is 4.74 Å². The lowest BCUT2D eigenvalue weighted by Crippen LogP contribution is -1.91. The number of hydrogen-bond acceptors (Lipinski definition) is 3. The highest BCUT2D eigenvalue weighted by Crippen LogP contribution is 2.32. The van der Waals surface area contributed by atoms with E-state index in [1.54, 1.807) is 31.4 Å². The number of hydrogen-bond donors (Lipinski definition) is 0. The van der Waals surface area contributed by atoms with Gasteiger partial charge in [-0.3, -0.25) is 0 Å². The van der Waals surface area contributed by atoms with Crippen molar-refractivity contribution in [3.8, 4) is 17.0 Å². The average Bonchev–Trinajstić information content (AvgIpc) is 2.33. The van der Waals surface area contributed by atoms with Crippen molar-refractivity contribution in [2.24, 2.45) is 0 Å². The van der Waals surface area contributed by atoms with Crippen LogP contribution in [0.3, 0.4) is 0 Å². The summed E-state index contributed by atoms with van der Waals surface area (Å²) in [6, 6.07) is 6.85.